The average molecular weight is 338 g/mol. The Morgan fingerprint density at radius 3 is 2.76 bits per heavy atom. The molecular formula is C20H26N4O. The standard InChI is InChI=1S/C20H26N4O/c1-16-5-2-6-17(11-16)14-22-8-3-7-18(15-22)24-20(25)12-19(13-21-24)23-9-4-10-23/h2,5-6,11-13,18H,3-4,7-10,14-15H2,1H3/t18-/m1/s1. The molecule has 132 valence electrons. The van der Waals surface area contributed by atoms with E-state index < -0.39 is 0 Å². The molecule has 0 saturated carbocycles. The molecule has 0 radical (unpaired) electrons. The topological polar surface area (TPSA) is 41.4 Å². The monoisotopic (exact) mass is 338 g/mol. The zero-order valence-corrected chi connectivity index (χ0v) is 14.9. The second kappa shape index (κ2) is 7.00. The lowest BCUT2D eigenvalue weighted by Crippen LogP contribution is -2.41. The number of piperidine rings is 1. The van der Waals surface area contributed by atoms with Crippen molar-refractivity contribution in [2.45, 2.75) is 38.8 Å². The van der Waals surface area contributed by atoms with Gasteiger partial charge in [-0.3, -0.25) is 9.69 Å². The zero-order valence-electron chi connectivity index (χ0n) is 14.9. The lowest BCUT2D eigenvalue weighted by atomic mass is 10.0. The van der Waals surface area contributed by atoms with Crippen LogP contribution in [-0.4, -0.2) is 40.9 Å². The van der Waals surface area contributed by atoms with E-state index >= 15 is 0 Å². The molecule has 2 aromatic rings. The quantitative estimate of drug-likeness (QED) is 0.859. The van der Waals surface area contributed by atoms with E-state index in [1.165, 1.54) is 17.5 Å². The van der Waals surface area contributed by atoms with Crippen molar-refractivity contribution in [1.82, 2.24) is 14.7 Å². The summed E-state index contributed by atoms with van der Waals surface area (Å²) in [6.07, 6.45) is 5.21. The smallest absolute Gasteiger partial charge is 0.269 e. The van der Waals surface area contributed by atoms with Gasteiger partial charge in [0, 0.05) is 32.2 Å². The predicted molar refractivity (Wildman–Crippen MR) is 100 cm³/mol. The summed E-state index contributed by atoms with van der Waals surface area (Å²) in [5.41, 5.74) is 3.64. The van der Waals surface area contributed by atoms with Gasteiger partial charge in [0.25, 0.3) is 5.56 Å². The highest BCUT2D eigenvalue weighted by molar-refractivity contribution is 5.44. The van der Waals surface area contributed by atoms with Crippen molar-refractivity contribution in [3.05, 3.63) is 58.0 Å². The molecule has 3 heterocycles. The average Bonchev–Trinajstić information content (AvgIpc) is 2.54. The van der Waals surface area contributed by atoms with Crippen LogP contribution in [0.5, 0.6) is 0 Å². The first kappa shape index (κ1) is 16.3. The molecule has 25 heavy (non-hydrogen) atoms. The van der Waals surface area contributed by atoms with Gasteiger partial charge >= 0.3 is 0 Å². The molecule has 1 aromatic carbocycles. The van der Waals surface area contributed by atoms with Crippen LogP contribution in [0.3, 0.4) is 0 Å². The molecule has 4 rings (SSSR count). The summed E-state index contributed by atoms with van der Waals surface area (Å²) in [6, 6.07) is 10.6. The molecule has 0 N–H and O–H groups in total. The fourth-order valence-corrected chi connectivity index (χ4v) is 3.87. The lowest BCUT2D eigenvalue weighted by molar-refractivity contribution is 0.160. The van der Waals surface area contributed by atoms with Gasteiger partial charge < -0.3 is 4.90 Å². The Bertz CT molecular complexity index is 796. The van der Waals surface area contributed by atoms with Crippen molar-refractivity contribution in [3.63, 3.8) is 0 Å². The van der Waals surface area contributed by atoms with E-state index in [4.69, 9.17) is 0 Å². The van der Waals surface area contributed by atoms with Crippen LogP contribution in [0.1, 0.15) is 36.4 Å². The summed E-state index contributed by atoms with van der Waals surface area (Å²) in [7, 11) is 0. The van der Waals surface area contributed by atoms with Crippen LogP contribution < -0.4 is 10.5 Å². The minimum absolute atomic E-state index is 0.0341. The maximum atomic E-state index is 12.5. The van der Waals surface area contributed by atoms with Crippen LogP contribution in [0.15, 0.2) is 41.3 Å². The molecule has 2 saturated heterocycles. The SMILES string of the molecule is Cc1cccc(CN2CCC[C@@H](n3ncc(N4CCC4)cc3=O)C2)c1. The molecule has 5 heteroatoms. The molecule has 1 aromatic heterocycles. The second-order valence-electron chi connectivity index (χ2n) is 7.36. The van der Waals surface area contributed by atoms with Crippen molar-refractivity contribution in [2.75, 3.05) is 31.1 Å². The summed E-state index contributed by atoms with van der Waals surface area (Å²) in [6.45, 7) is 7.14. The lowest BCUT2D eigenvalue weighted by Gasteiger charge is -2.34. The molecule has 2 aliphatic rings. The van der Waals surface area contributed by atoms with Gasteiger partial charge in [-0.25, -0.2) is 4.68 Å². The molecule has 2 fully saturated rings. The molecule has 0 spiro atoms. The Labute approximate surface area is 148 Å². The summed E-state index contributed by atoms with van der Waals surface area (Å²) < 4.78 is 1.70. The molecule has 1 atom stereocenters. The molecular weight excluding hydrogens is 312 g/mol. The van der Waals surface area contributed by atoms with Crippen molar-refractivity contribution >= 4 is 5.69 Å². The Morgan fingerprint density at radius 2 is 2.04 bits per heavy atom. The molecule has 5 nitrogen and oxygen atoms in total. The van der Waals surface area contributed by atoms with Crippen LogP contribution in [-0.2, 0) is 6.54 Å². The van der Waals surface area contributed by atoms with E-state index in [0.29, 0.717) is 0 Å². The number of hydrogen-bond acceptors (Lipinski definition) is 4. The van der Waals surface area contributed by atoms with E-state index in [1.807, 2.05) is 6.20 Å². The summed E-state index contributed by atoms with van der Waals surface area (Å²) >= 11 is 0. The van der Waals surface area contributed by atoms with Gasteiger partial charge in [-0.05, 0) is 38.3 Å². The number of rotatable bonds is 4. The Morgan fingerprint density at radius 1 is 1.16 bits per heavy atom. The van der Waals surface area contributed by atoms with E-state index in [-0.39, 0.29) is 11.6 Å². The van der Waals surface area contributed by atoms with Crippen molar-refractivity contribution in [1.29, 1.82) is 0 Å². The van der Waals surface area contributed by atoms with Crippen LogP contribution >= 0.6 is 0 Å². The third-order valence-corrected chi connectivity index (χ3v) is 5.35. The first-order valence-electron chi connectivity index (χ1n) is 9.31. The first-order chi connectivity index (χ1) is 12.2. The Balaban J connectivity index is 1.46. The van der Waals surface area contributed by atoms with Gasteiger partial charge in [-0.1, -0.05) is 29.8 Å². The minimum atomic E-state index is 0.0341. The number of hydrogen-bond donors (Lipinski definition) is 0. The van der Waals surface area contributed by atoms with Crippen LogP contribution in [0.2, 0.25) is 0 Å². The maximum Gasteiger partial charge on any atom is 0.269 e. The highest BCUT2D eigenvalue weighted by Crippen LogP contribution is 2.23. The van der Waals surface area contributed by atoms with E-state index in [0.717, 1.165) is 51.3 Å². The summed E-state index contributed by atoms with van der Waals surface area (Å²) in [5.74, 6) is 0. The van der Waals surface area contributed by atoms with E-state index in [2.05, 4.69) is 46.1 Å². The maximum absolute atomic E-state index is 12.5. The van der Waals surface area contributed by atoms with Crippen LogP contribution in [0, 0.1) is 6.92 Å². The fourth-order valence-electron chi connectivity index (χ4n) is 3.87. The minimum Gasteiger partial charge on any atom is -0.370 e. The van der Waals surface area contributed by atoms with Crippen molar-refractivity contribution < 1.29 is 0 Å². The van der Waals surface area contributed by atoms with Gasteiger partial charge in [-0.15, -0.1) is 0 Å². The molecule has 2 aliphatic heterocycles. The highest BCUT2D eigenvalue weighted by atomic mass is 16.1. The number of nitrogens with zero attached hydrogens (tertiary/aromatic N) is 4. The third kappa shape index (κ3) is 3.61. The number of likely N-dealkylation sites (tertiary alicyclic amines) is 1. The molecule has 0 aliphatic carbocycles. The van der Waals surface area contributed by atoms with Gasteiger partial charge in [0.1, 0.15) is 0 Å². The zero-order chi connectivity index (χ0) is 17.2. The largest absolute Gasteiger partial charge is 0.370 e. The predicted octanol–water partition coefficient (Wildman–Crippen LogP) is 2.60. The second-order valence-corrected chi connectivity index (χ2v) is 7.36. The van der Waals surface area contributed by atoms with Gasteiger partial charge in [-0.2, -0.15) is 5.10 Å². The molecule has 0 amide bonds. The normalized spacial score (nSPS) is 21.2. The first-order valence-corrected chi connectivity index (χ1v) is 9.31. The fraction of sp³-hybridized carbons (Fsp3) is 0.500. The van der Waals surface area contributed by atoms with Gasteiger partial charge in [0.15, 0.2) is 0 Å². The number of anilines is 1. The molecule has 0 bridgehead atoms. The number of aromatic nitrogens is 2. The number of benzene rings is 1. The van der Waals surface area contributed by atoms with Crippen LogP contribution in [0.4, 0.5) is 5.69 Å². The number of aryl methyl sites for hydroxylation is 1. The highest BCUT2D eigenvalue weighted by Gasteiger charge is 2.24. The van der Waals surface area contributed by atoms with Gasteiger partial charge in [0.05, 0.1) is 17.9 Å². The molecule has 0 unspecified atom stereocenters. The van der Waals surface area contributed by atoms with Crippen molar-refractivity contribution in [2.24, 2.45) is 0 Å². The third-order valence-electron chi connectivity index (χ3n) is 5.35. The van der Waals surface area contributed by atoms with Crippen molar-refractivity contribution in [3.8, 4) is 0 Å². The Hall–Kier alpha value is -2.14. The van der Waals surface area contributed by atoms with Crippen LogP contribution in [0.25, 0.3) is 0 Å². The summed E-state index contributed by atoms with van der Waals surface area (Å²) in [5, 5.41) is 4.50. The summed E-state index contributed by atoms with van der Waals surface area (Å²) in [4.78, 5) is 17.2. The van der Waals surface area contributed by atoms with Gasteiger partial charge in [0.2, 0.25) is 0 Å². The van der Waals surface area contributed by atoms with E-state index in [9.17, 15) is 4.79 Å². The Kier molecular flexibility index (Phi) is 4.57. The van der Waals surface area contributed by atoms with E-state index in [1.54, 1.807) is 10.7 Å².